The van der Waals surface area contributed by atoms with Crippen molar-refractivity contribution < 1.29 is 36.2 Å². The van der Waals surface area contributed by atoms with E-state index >= 15 is 0 Å². The van der Waals surface area contributed by atoms with Gasteiger partial charge in [-0.05, 0) is 35.9 Å². The van der Waals surface area contributed by atoms with Gasteiger partial charge in [0.25, 0.3) is 5.91 Å². The topological polar surface area (TPSA) is 52.6 Å². The summed E-state index contributed by atoms with van der Waals surface area (Å²) in [6.07, 6.45) is -11.3. The first-order chi connectivity index (χ1) is 13.3. The minimum absolute atomic E-state index is 0.0576. The molecule has 29 heavy (non-hydrogen) atoms. The number of hydrogen-bond acceptors (Lipinski definition) is 3. The Morgan fingerprint density at radius 3 is 1.86 bits per heavy atom. The SMILES string of the molecule is CN(C)c1ccc(C(O)CNC(=O)c2cc(C(F)(F)F)cc(C(F)(F)F)c2)cc1. The molecule has 0 radical (unpaired) electrons. The molecular formula is C19H18F6N2O2. The van der Waals surface area contributed by atoms with E-state index in [1.807, 2.05) is 19.0 Å². The number of alkyl halides is 6. The number of rotatable bonds is 5. The summed E-state index contributed by atoms with van der Waals surface area (Å²) in [5.41, 5.74) is -2.69. The Labute approximate surface area is 162 Å². The summed E-state index contributed by atoms with van der Waals surface area (Å²) in [6, 6.07) is 7.23. The predicted molar refractivity (Wildman–Crippen MR) is 94.5 cm³/mol. The third-order valence-electron chi connectivity index (χ3n) is 4.10. The van der Waals surface area contributed by atoms with E-state index in [1.165, 1.54) is 0 Å². The van der Waals surface area contributed by atoms with E-state index in [9.17, 15) is 36.2 Å². The molecule has 2 N–H and O–H groups in total. The molecule has 0 heterocycles. The minimum atomic E-state index is -5.05. The summed E-state index contributed by atoms with van der Waals surface area (Å²) in [5, 5.41) is 12.3. The third-order valence-corrected chi connectivity index (χ3v) is 4.10. The van der Waals surface area contributed by atoms with Gasteiger partial charge in [-0.25, -0.2) is 0 Å². The summed E-state index contributed by atoms with van der Waals surface area (Å²) >= 11 is 0. The highest BCUT2D eigenvalue weighted by Gasteiger charge is 2.37. The van der Waals surface area contributed by atoms with Crippen molar-refractivity contribution in [2.75, 3.05) is 25.5 Å². The second-order valence-corrected chi connectivity index (χ2v) is 6.51. The molecule has 2 aromatic rings. The molecule has 10 heteroatoms. The molecule has 0 spiro atoms. The van der Waals surface area contributed by atoms with Gasteiger partial charge in [0.15, 0.2) is 0 Å². The fraction of sp³-hybridized carbons (Fsp3) is 0.316. The smallest absolute Gasteiger partial charge is 0.387 e. The Bertz CT molecular complexity index is 828. The molecule has 0 saturated carbocycles. The molecule has 1 unspecified atom stereocenters. The first-order valence-corrected chi connectivity index (χ1v) is 8.32. The maximum Gasteiger partial charge on any atom is 0.416 e. The molecule has 2 aromatic carbocycles. The monoisotopic (exact) mass is 420 g/mol. The number of benzene rings is 2. The molecule has 0 aliphatic heterocycles. The van der Waals surface area contributed by atoms with Gasteiger partial charge in [0.1, 0.15) is 0 Å². The van der Waals surface area contributed by atoms with E-state index in [1.54, 1.807) is 24.3 Å². The number of aliphatic hydroxyl groups is 1. The minimum Gasteiger partial charge on any atom is -0.387 e. The summed E-state index contributed by atoms with van der Waals surface area (Å²) in [5.74, 6) is -1.16. The number of carbonyl (C=O) groups excluding carboxylic acids is 1. The molecule has 0 saturated heterocycles. The first kappa shape index (κ1) is 22.5. The Morgan fingerprint density at radius 2 is 1.45 bits per heavy atom. The molecular weight excluding hydrogens is 402 g/mol. The van der Waals surface area contributed by atoms with Crippen molar-refractivity contribution in [2.45, 2.75) is 18.5 Å². The van der Waals surface area contributed by atoms with Gasteiger partial charge in [-0.2, -0.15) is 26.3 Å². The van der Waals surface area contributed by atoms with E-state index in [2.05, 4.69) is 5.32 Å². The van der Waals surface area contributed by atoms with Crippen molar-refractivity contribution in [3.63, 3.8) is 0 Å². The van der Waals surface area contributed by atoms with Crippen molar-refractivity contribution in [1.29, 1.82) is 0 Å². The van der Waals surface area contributed by atoms with Crippen LogP contribution in [0.1, 0.15) is 33.2 Å². The zero-order valence-electron chi connectivity index (χ0n) is 15.4. The molecule has 0 aliphatic rings. The van der Waals surface area contributed by atoms with Crippen LogP contribution in [0.4, 0.5) is 32.0 Å². The predicted octanol–water partition coefficient (Wildman–Crippen LogP) is 4.25. The number of anilines is 1. The Hall–Kier alpha value is -2.75. The van der Waals surface area contributed by atoms with Crippen molar-refractivity contribution >= 4 is 11.6 Å². The van der Waals surface area contributed by atoms with Gasteiger partial charge < -0.3 is 15.3 Å². The summed E-state index contributed by atoms with van der Waals surface area (Å²) in [7, 11) is 3.63. The number of halogens is 6. The van der Waals surface area contributed by atoms with Crippen LogP contribution in [0.15, 0.2) is 42.5 Å². The quantitative estimate of drug-likeness (QED) is 0.711. The highest BCUT2D eigenvalue weighted by Crippen LogP contribution is 2.36. The number of hydrogen-bond donors (Lipinski definition) is 2. The van der Waals surface area contributed by atoms with Crippen molar-refractivity contribution in [1.82, 2.24) is 5.32 Å². The lowest BCUT2D eigenvalue weighted by atomic mass is 10.0. The maximum absolute atomic E-state index is 12.9. The normalized spacial score (nSPS) is 13.1. The Balaban J connectivity index is 2.17. The van der Waals surface area contributed by atoms with E-state index in [4.69, 9.17) is 0 Å². The number of nitrogens with zero attached hydrogens (tertiary/aromatic N) is 1. The summed E-state index contributed by atoms with van der Waals surface area (Å²) in [4.78, 5) is 13.9. The molecule has 1 amide bonds. The lowest BCUT2D eigenvalue weighted by Gasteiger charge is -2.17. The van der Waals surface area contributed by atoms with Crippen molar-refractivity contribution in [2.24, 2.45) is 0 Å². The van der Waals surface area contributed by atoms with Crippen LogP contribution in [0.2, 0.25) is 0 Å². The lowest BCUT2D eigenvalue weighted by molar-refractivity contribution is -0.143. The van der Waals surface area contributed by atoms with Gasteiger partial charge in [-0.3, -0.25) is 4.79 Å². The summed E-state index contributed by atoms with van der Waals surface area (Å²) in [6.45, 7) is -0.391. The molecule has 158 valence electrons. The number of aliphatic hydroxyl groups excluding tert-OH is 1. The van der Waals surface area contributed by atoms with Crippen molar-refractivity contribution in [3.8, 4) is 0 Å². The largest absolute Gasteiger partial charge is 0.416 e. The van der Waals surface area contributed by atoms with Crippen LogP contribution in [0.3, 0.4) is 0 Å². The molecule has 1 atom stereocenters. The highest BCUT2D eigenvalue weighted by atomic mass is 19.4. The lowest BCUT2D eigenvalue weighted by Crippen LogP contribution is -2.29. The van der Waals surface area contributed by atoms with Crippen LogP contribution in [0.5, 0.6) is 0 Å². The van der Waals surface area contributed by atoms with Crippen LogP contribution in [0, 0.1) is 0 Å². The first-order valence-electron chi connectivity index (χ1n) is 8.32. The molecule has 0 bridgehead atoms. The average Bonchev–Trinajstić information content (AvgIpc) is 2.64. The van der Waals surface area contributed by atoms with E-state index < -0.39 is 47.6 Å². The van der Waals surface area contributed by atoms with Gasteiger partial charge in [0.05, 0.1) is 17.2 Å². The Kier molecular flexibility index (Phi) is 6.46. The molecule has 0 aromatic heterocycles. The second kappa shape index (κ2) is 8.32. The molecule has 2 rings (SSSR count). The van der Waals surface area contributed by atoms with Crippen LogP contribution in [-0.4, -0.2) is 31.7 Å². The Morgan fingerprint density at radius 1 is 0.966 bits per heavy atom. The van der Waals surface area contributed by atoms with Gasteiger partial charge in [0, 0.05) is 31.9 Å². The maximum atomic E-state index is 12.9. The van der Waals surface area contributed by atoms with Gasteiger partial charge >= 0.3 is 12.4 Å². The van der Waals surface area contributed by atoms with Gasteiger partial charge in [-0.1, -0.05) is 12.1 Å². The van der Waals surface area contributed by atoms with E-state index in [0.717, 1.165) is 5.69 Å². The van der Waals surface area contributed by atoms with Crippen LogP contribution < -0.4 is 10.2 Å². The van der Waals surface area contributed by atoms with Gasteiger partial charge in [0.2, 0.25) is 0 Å². The van der Waals surface area contributed by atoms with E-state index in [0.29, 0.717) is 17.7 Å². The number of nitrogens with one attached hydrogen (secondary N) is 1. The molecule has 0 fully saturated rings. The van der Waals surface area contributed by atoms with Crippen LogP contribution in [0.25, 0.3) is 0 Å². The fourth-order valence-corrected chi connectivity index (χ4v) is 2.49. The fourth-order valence-electron chi connectivity index (χ4n) is 2.49. The number of carbonyl (C=O) groups is 1. The highest BCUT2D eigenvalue weighted by molar-refractivity contribution is 5.94. The molecule has 0 aliphatic carbocycles. The van der Waals surface area contributed by atoms with Gasteiger partial charge in [-0.15, -0.1) is 0 Å². The zero-order chi connectivity index (χ0) is 22.0. The van der Waals surface area contributed by atoms with Crippen LogP contribution >= 0.6 is 0 Å². The molecule has 4 nitrogen and oxygen atoms in total. The third kappa shape index (κ3) is 5.86. The number of amides is 1. The van der Waals surface area contributed by atoms with Crippen molar-refractivity contribution in [3.05, 3.63) is 64.7 Å². The average molecular weight is 420 g/mol. The zero-order valence-corrected chi connectivity index (χ0v) is 15.4. The van der Waals surface area contributed by atoms with Crippen LogP contribution in [-0.2, 0) is 12.4 Å². The summed E-state index contributed by atoms with van der Waals surface area (Å²) < 4.78 is 77.3. The standard InChI is InChI=1S/C19H18F6N2O2/c1-27(2)15-5-3-11(4-6-15)16(28)10-26-17(29)12-7-13(18(20,21)22)9-14(8-12)19(23,24)25/h3-9,16,28H,10H2,1-2H3,(H,26,29). The van der Waals surface area contributed by atoms with E-state index in [-0.39, 0.29) is 6.07 Å². The second-order valence-electron chi connectivity index (χ2n) is 6.51.